The molecule has 3 amide bonds. The van der Waals surface area contributed by atoms with Crippen molar-refractivity contribution >= 4 is 87.6 Å². The third kappa shape index (κ3) is 2.93. The van der Waals surface area contributed by atoms with Gasteiger partial charge in [-0.25, -0.2) is 4.79 Å². The minimum absolute atomic E-state index is 0.396. The number of carbonyl (C=O) groups excluding carboxylic acids is 2. The molecule has 1 N–H and O–H groups in total. The van der Waals surface area contributed by atoms with Crippen LogP contribution in [0.3, 0.4) is 0 Å². The van der Waals surface area contributed by atoms with Crippen LogP contribution >= 0.6 is 70.0 Å². The number of urea groups is 1. The van der Waals surface area contributed by atoms with Crippen LogP contribution in [-0.4, -0.2) is 24.2 Å². The van der Waals surface area contributed by atoms with Crippen molar-refractivity contribution in [2.24, 2.45) is 0 Å². The molecule has 0 radical (unpaired) electrons. The summed E-state index contributed by atoms with van der Waals surface area (Å²) in [6, 6.07) is 5.60. The summed E-state index contributed by atoms with van der Waals surface area (Å²) < 4.78 is -3.31. The lowest BCUT2D eigenvalue weighted by atomic mass is 10.3. The van der Waals surface area contributed by atoms with Crippen LogP contribution in [0.5, 0.6) is 0 Å². The maximum atomic E-state index is 12.0. The maximum Gasteiger partial charge on any atom is 0.339 e. The number of imide groups is 1. The molecule has 0 spiro atoms. The van der Waals surface area contributed by atoms with Gasteiger partial charge >= 0.3 is 6.03 Å². The smallest absolute Gasteiger partial charge is 0.307 e. The summed E-state index contributed by atoms with van der Waals surface area (Å²) in [5.74, 6) is -0.921. The minimum atomic E-state index is -2.12. The molecule has 1 aliphatic heterocycles. The van der Waals surface area contributed by atoms with Crippen LogP contribution in [-0.2, 0) is 4.79 Å². The zero-order chi connectivity index (χ0) is 15.1. The number of nitrogens with zero attached hydrogens (tertiary/aromatic N) is 1. The number of hydrogen-bond acceptors (Lipinski definition) is 3. The van der Waals surface area contributed by atoms with Gasteiger partial charge in [-0.3, -0.25) is 4.79 Å². The van der Waals surface area contributed by atoms with Gasteiger partial charge in [0.05, 0.1) is 0 Å². The highest BCUT2D eigenvalue weighted by Crippen LogP contribution is 2.58. The first-order chi connectivity index (χ1) is 9.15. The number of hydrogen-bond donors (Lipinski definition) is 1. The number of amides is 3. The van der Waals surface area contributed by atoms with Crippen molar-refractivity contribution in [3.05, 3.63) is 29.3 Å². The van der Waals surface area contributed by atoms with Gasteiger partial charge in [0, 0.05) is 22.7 Å². The molecule has 1 fully saturated rings. The average Bonchev–Trinajstić information content (AvgIpc) is 2.49. The van der Waals surface area contributed by atoms with Crippen LogP contribution in [0.2, 0.25) is 5.02 Å². The van der Waals surface area contributed by atoms with Gasteiger partial charge in [-0.05, 0) is 18.2 Å². The van der Waals surface area contributed by atoms with Crippen LogP contribution in [0.4, 0.5) is 10.5 Å². The molecule has 1 aromatic rings. The second kappa shape index (κ2) is 5.63. The van der Waals surface area contributed by atoms with Gasteiger partial charge in [-0.15, -0.1) is 0 Å². The number of carbonyl (C=O) groups is 2. The molecule has 1 heterocycles. The van der Waals surface area contributed by atoms with Crippen molar-refractivity contribution in [2.75, 3.05) is 5.32 Å². The molecule has 10 heteroatoms. The van der Waals surface area contributed by atoms with Crippen molar-refractivity contribution in [3.63, 3.8) is 0 Å². The molecule has 4 nitrogen and oxygen atoms in total. The fourth-order valence-corrected chi connectivity index (χ4v) is 3.36. The Morgan fingerprint density at radius 3 is 2.40 bits per heavy atom. The minimum Gasteiger partial charge on any atom is -0.307 e. The lowest BCUT2D eigenvalue weighted by Crippen LogP contribution is -2.40. The second-order valence-corrected chi connectivity index (χ2v) is 8.42. The quantitative estimate of drug-likeness (QED) is 0.556. The molecule has 0 aromatic heterocycles. The predicted octanol–water partition coefficient (Wildman–Crippen LogP) is 4.67. The van der Waals surface area contributed by atoms with Gasteiger partial charge < -0.3 is 5.32 Å². The number of nitrogens with one attached hydrogen (secondary N) is 1. The van der Waals surface area contributed by atoms with Gasteiger partial charge in [0.25, 0.3) is 5.91 Å². The fourth-order valence-electron chi connectivity index (χ4n) is 1.34. The summed E-state index contributed by atoms with van der Waals surface area (Å²) in [4.78, 5) is 23.9. The summed E-state index contributed by atoms with van der Waals surface area (Å²) in [7, 11) is 0. The van der Waals surface area contributed by atoms with Crippen LogP contribution < -0.4 is 5.32 Å². The van der Waals surface area contributed by atoms with E-state index in [9.17, 15) is 9.59 Å². The Balaban J connectivity index is 2.17. The Labute approximate surface area is 143 Å². The van der Waals surface area contributed by atoms with Crippen molar-refractivity contribution < 1.29 is 9.59 Å². The Kier molecular flexibility index (Phi) is 4.60. The molecule has 1 saturated heterocycles. The van der Waals surface area contributed by atoms with E-state index in [1.165, 1.54) is 6.07 Å². The lowest BCUT2D eigenvalue weighted by Gasteiger charge is -2.18. The van der Waals surface area contributed by atoms with E-state index in [2.05, 4.69) is 5.32 Å². The van der Waals surface area contributed by atoms with E-state index in [-0.39, 0.29) is 0 Å². The van der Waals surface area contributed by atoms with E-state index in [0.29, 0.717) is 27.0 Å². The molecular formula is C10H5Cl5N2O2S. The molecular weight excluding hydrogens is 389 g/mol. The molecule has 2 rings (SSSR count). The van der Waals surface area contributed by atoms with Gasteiger partial charge in [0.2, 0.25) is 8.00 Å². The zero-order valence-corrected chi connectivity index (χ0v) is 14.0. The molecule has 0 atom stereocenters. The molecule has 1 aromatic carbocycles. The molecule has 0 unspecified atom stereocenters. The third-order valence-corrected chi connectivity index (χ3v) is 6.05. The molecule has 20 heavy (non-hydrogen) atoms. The molecule has 0 aliphatic carbocycles. The number of anilines is 1. The fraction of sp³-hybridized carbons (Fsp3) is 0.200. The van der Waals surface area contributed by atoms with E-state index in [0.717, 1.165) is 0 Å². The number of halogens is 5. The summed E-state index contributed by atoms with van der Waals surface area (Å²) >= 11 is 29.5. The van der Waals surface area contributed by atoms with E-state index in [4.69, 9.17) is 58.0 Å². The van der Waals surface area contributed by atoms with E-state index < -0.39 is 19.9 Å². The van der Waals surface area contributed by atoms with Gasteiger partial charge in [0.1, 0.15) is 0 Å². The summed E-state index contributed by atoms with van der Waals surface area (Å²) in [5.41, 5.74) is 0.396. The Morgan fingerprint density at radius 2 is 1.90 bits per heavy atom. The Morgan fingerprint density at radius 1 is 1.25 bits per heavy atom. The van der Waals surface area contributed by atoms with Gasteiger partial charge in [-0.2, -0.15) is 4.31 Å². The summed E-state index contributed by atoms with van der Waals surface area (Å²) in [6.45, 7) is 0. The maximum absolute atomic E-state index is 12.0. The van der Waals surface area contributed by atoms with Crippen molar-refractivity contribution in [1.82, 2.24) is 4.31 Å². The first-order valence-electron chi connectivity index (χ1n) is 5.01. The highest BCUT2D eigenvalue weighted by atomic mass is 35.5. The van der Waals surface area contributed by atoms with Crippen LogP contribution in [0, 0.1) is 0 Å². The van der Waals surface area contributed by atoms with E-state index in [1.54, 1.807) is 18.2 Å². The molecule has 0 saturated carbocycles. The SMILES string of the molecule is O=C(Nc1cccc(Cl)c1)N1SC(Cl)(Cl)C(Cl)(Cl)C1=O. The van der Waals surface area contributed by atoms with Crippen molar-refractivity contribution in [2.45, 2.75) is 8.00 Å². The average molecular weight is 394 g/mol. The number of benzene rings is 1. The molecule has 0 bridgehead atoms. The first-order valence-corrected chi connectivity index (χ1v) is 7.67. The first kappa shape index (κ1) is 16.3. The third-order valence-electron chi connectivity index (χ3n) is 2.28. The van der Waals surface area contributed by atoms with Crippen molar-refractivity contribution in [3.8, 4) is 0 Å². The Hall–Kier alpha value is -0.0400. The lowest BCUT2D eigenvalue weighted by molar-refractivity contribution is -0.123. The summed E-state index contributed by atoms with van der Waals surface area (Å²) in [6.07, 6.45) is 0. The standard InChI is InChI=1S/C10H5Cl5N2O2S/c11-5-2-1-3-6(4-5)16-8(19)17-7(18)9(12,13)10(14,15)20-17/h1-4H,(H,16,19). The van der Waals surface area contributed by atoms with E-state index >= 15 is 0 Å². The van der Waals surface area contributed by atoms with Gasteiger partial charge in [-0.1, -0.05) is 64.1 Å². The second-order valence-electron chi connectivity index (χ2n) is 3.72. The van der Waals surface area contributed by atoms with Crippen LogP contribution in [0.25, 0.3) is 0 Å². The number of rotatable bonds is 1. The van der Waals surface area contributed by atoms with Crippen LogP contribution in [0.15, 0.2) is 24.3 Å². The van der Waals surface area contributed by atoms with Crippen LogP contribution in [0.1, 0.15) is 0 Å². The van der Waals surface area contributed by atoms with Crippen molar-refractivity contribution in [1.29, 1.82) is 0 Å². The Bertz CT molecular complexity index is 581. The predicted molar refractivity (Wildman–Crippen MR) is 83.8 cm³/mol. The highest BCUT2D eigenvalue weighted by molar-refractivity contribution is 8.03. The zero-order valence-electron chi connectivity index (χ0n) is 9.37. The number of alkyl halides is 4. The largest absolute Gasteiger partial charge is 0.339 e. The van der Waals surface area contributed by atoms with Gasteiger partial charge in [0.15, 0.2) is 0 Å². The van der Waals surface area contributed by atoms with E-state index in [1.807, 2.05) is 0 Å². The topological polar surface area (TPSA) is 49.4 Å². The molecule has 108 valence electrons. The summed E-state index contributed by atoms with van der Waals surface area (Å²) in [5, 5.41) is 2.88. The monoisotopic (exact) mass is 392 g/mol. The molecule has 1 aliphatic rings. The highest BCUT2D eigenvalue weighted by Gasteiger charge is 2.64. The normalized spacial score (nSPS) is 20.1.